The minimum Gasteiger partial charge on any atom is -0.382 e. The van der Waals surface area contributed by atoms with Crippen LogP contribution in [0.1, 0.15) is 36.0 Å². The van der Waals surface area contributed by atoms with Gasteiger partial charge in [-0.15, -0.1) is 0 Å². The van der Waals surface area contributed by atoms with Crippen LogP contribution in [-0.2, 0) is 0 Å². The molecule has 1 aromatic carbocycles. The first-order chi connectivity index (χ1) is 8.69. The molecule has 92 valence electrons. The lowest BCUT2D eigenvalue weighted by atomic mass is 9.92. The average Bonchev–Trinajstić information content (AvgIpc) is 2.85. The number of nitrogens with zero attached hydrogens (tertiary/aromatic N) is 1. The molecular weight excluding hydrogens is 226 g/mol. The number of hydrogen-bond donors (Lipinski definition) is 1. The SMILES string of the molecule is O=C(c1cnc2ccccc2c1)C1(O)CCCC1. The van der Waals surface area contributed by atoms with E-state index >= 15 is 0 Å². The monoisotopic (exact) mass is 241 g/mol. The van der Waals surface area contributed by atoms with E-state index in [1.807, 2.05) is 30.3 Å². The predicted octanol–water partition coefficient (Wildman–Crippen LogP) is 2.72. The molecule has 0 unspecified atom stereocenters. The Morgan fingerprint density at radius 1 is 1.22 bits per heavy atom. The molecule has 0 bridgehead atoms. The average molecular weight is 241 g/mol. The first-order valence-electron chi connectivity index (χ1n) is 6.31. The Bertz CT molecular complexity index is 600. The molecule has 0 aliphatic heterocycles. The molecule has 3 heteroatoms. The number of fused-ring (bicyclic) bond motifs is 1. The Morgan fingerprint density at radius 3 is 2.72 bits per heavy atom. The number of aromatic nitrogens is 1. The molecule has 1 heterocycles. The van der Waals surface area contributed by atoms with Crippen molar-refractivity contribution in [3.8, 4) is 0 Å². The second-order valence-electron chi connectivity index (χ2n) is 4.98. The van der Waals surface area contributed by atoms with Gasteiger partial charge in [0.15, 0.2) is 5.78 Å². The fourth-order valence-electron chi connectivity index (χ4n) is 2.65. The van der Waals surface area contributed by atoms with E-state index in [0.29, 0.717) is 18.4 Å². The van der Waals surface area contributed by atoms with Crippen molar-refractivity contribution in [1.82, 2.24) is 4.98 Å². The second kappa shape index (κ2) is 4.18. The summed E-state index contributed by atoms with van der Waals surface area (Å²) in [6.07, 6.45) is 4.55. The summed E-state index contributed by atoms with van der Waals surface area (Å²) in [4.78, 5) is 16.6. The highest BCUT2D eigenvalue weighted by Gasteiger charge is 2.39. The van der Waals surface area contributed by atoms with Crippen molar-refractivity contribution in [2.24, 2.45) is 0 Å². The van der Waals surface area contributed by atoms with Crippen LogP contribution in [0.15, 0.2) is 36.5 Å². The molecule has 1 saturated carbocycles. The van der Waals surface area contributed by atoms with Crippen molar-refractivity contribution >= 4 is 16.7 Å². The van der Waals surface area contributed by atoms with E-state index in [9.17, 15) is 9.90 Å². The van der Waals surface area contributed by atoms with Gasteiger partial charge < -0.3 is 5.11 Å². The number of Topliss-reactive ketones (excluding diaryl/α,β-unsaturated/α-hetero) is 1. The van der Waals surface area contributed by atoms with Gasteiger partial charge >= 0.3 is 0 Å². The van der Waals surface area contributed by atoms with Crippen LogP contribution < -0.4 is 0 Å². The normalized spacial score (nSPS) is 18.1. The highest BCUT2D eigenvalue weighted by Crippen LogP contribution is 2.32. The van der Waals surface area contributed by atoms with Crippen LogP contribution in [0.3, 0.4) is 0 Å². The maximum atomic E-state index is 12.3. The van der Waals surface area contributed by atoms with Crippen LogP contribution in [0.25, 0.3) is 10.9 Å². The number of para-hydroxylation sites is 1. The van der Waals surface area contributed by atoms with Crippen LogP contribution in [0.5, 0.6) is 0 Å². The van der Waals surface area contributed by atoms with Gasteiger partial charge in [-0.3, -0.25) is 9.78 Å². The maximum Gasteiger partial charge on any atom is 0.195 e. The van der Waals surface area contributed by atoms with Gasteiger partial charge in [0, 0.05) is 17.1 Å². The van der Waals surface area contributed by atoms with E-state index < -0.39 is 5.60 Å². The standard InChI is InChI=1S/C15H15NO2/c17-14(15(18)7-3-4-8-15)12-9-11-5-1-2-6-13(11)16-10-12/h1-2,5-6,9-10,18H,3-4,7-8H2. The zero-order chi connectivity index (χ0) is 12.6. The molecule has 1 fully saturated rings. The Balaban J connectivity index is 2.01. The van der Waals surface area contributed by atoms with Crippen molar-refractivity contribution in [2.75, 3.05) is 0 Å². The summed E-state index contributed by atoms with van der Waals surface area (Å²) in [5.41, 5.74) is 0.218. The zero-order valence-corrected chi connectivity index (χ0v) is 10.1. The zero-order valence-electron chi connectivity index (χ0n) is 10.1. The summed E-state index contributed by atoms with van der Waals surface area (Å²) in [5, 5.41) is 11.2. The van der Waals surface area contributed by atoms with Crippen molar-refractivity contribution in [3.63, 3.8) is 0 Å². The number of carbonyl (C=O) groups excluding carboxylic acids is 1. The van der Waals surface area contributed by atoms with Crippen LogP contribution in [0, 0.1) is 0 Å². The Labute approximate surface area is 105 Å². The number of ketones is 1. The summed E-state index contributed by atoms with van der Waals surface area (Å²) in [7, 11) is 0. The third kappa shape index (κ3) is 1.81. The van der Waals surface area contributed by atoms with E-state index in [-0.39, 0.29) is 5.78 Å². The first-order valence-corrected chi connectivity index (χ1v) is 6.31. The van der Waals surface area contributed by atoms with Gasteiger partial charge in [-0.25, -0.2) is 0 Å². The molecule has 2 aromatic rings. The van der Waals surface area contributed by atoms with E-state index in [1.165, 1.54) is 0 Å². The van der Waals surface area contributed by atoms with Gasteiger partial charge in [0.25, 0.3) is 0 Å². The minimum absolute atomic E-state index is 0.182. The van der Waals surface area contributed by atoms with E-state index in [2.05, 4.69) is 4.98 Å². The number of carbonyl (C=O) groups is 1. The topological polar surface area (TPSA) is 50.2 Å². The Hall–Kier alpha value is -1.74. The fourth-order valence-corrected chi connectivity index (χ4v) is 2.65. The molecule has 3 nitrogen and oxygen atoms in total. The lowest BCUT2D eigenvalue weighted by Crippen LogP contribution is -2.35. The van der Waals surface area contributed by atoms with Crippen molar-refractivity contribution in [1.29, 1.82) is 0 Å². The molecular formula is C15H15NO2. The van der Waals surface area contributed by atoms with Gasteiger partial charge in [0.2, 0.25) is 0 Å². The van der Waals surface area contributed by atoms with Crippen LogP contribution in [-0.4, -0.2) is 21.5 Å². The van der Waals surface area contributed by atoms with Gasteiger partial charge in [-0.1, -0.05) is 18.2 Å². The summed E-state index contributed by atoms with van der Waals surface area (Å²) in [5.74, 6) is -0.182. The van der Waals surface area contributed by atoms with Crippen LogP contribution in [0.4, 0.5) is 0 Å². The smallest absolute Gasteiger partial charge is 0.195 e. The molecule has 1 aliphatic rings. The highest BCUT2D eigenvalue weighted by atomic mass is 16.3. The van der Waals surface area contributed by atoms with Crippen molar-refractivity contribution in [3.05, 3.63) is 42.1 Å². The van der Waals surface area contributed by atoms with E-state index in [1.54, 1.807) is 6.20 Å². The number of benzene rings is 1. The van der Waals surface area contributed by atoms with E-state index in [0.717, 1.165) is 23.7 Å². The molecule has 0 atom stereocenters. The van der Waals surface area contributed by atoms with Gasteiger partial charge in [-0.2, -0.15) is 0 Å². The molecule has 0 saturated heterocycles. The van der Waals surface area contributed by atoms with Gasteiger partial charge in [0.1, 0.15) is 5.60 Å². The second-order valence-corrected chi connectivity index (χ2v) is 4.98. The first kappa shape index (κ1) is 11.4. The minimum atomic E-state index is -1.16. The molecule has 18 heavy (non-hydrogen) atoms. The molecule has 3 rings (SSSR count). The maximum absolute atomic E-state index is 12.3. The van der Waals surface area contributed by atoms with Crippen LogP contribution >= 0.6 is 0 Å². The number of pyridine rings is 1. The van der Waals surface area contributed by atoms with Crippen molar-refractivity contribution in [2.45, 2.75) is 31.3 Å². The third-order valence-electron chi connectivity index (χ3n) is 3.71. The summed E-state index contributed by atoms with van der Waals surface area (Å²) in [6, 6.07) is 9.50. The van der Waals surface area contributed by atoms with E-state index in [4.69, 9.17) is 0 Å². The lowest BCUT2D eigenvalue weighted by Gasteiger charge is -2.20. The molecule has 0 amide bonds. The fraction of sp³-hybridized carbons (Fsp3) is 0.333. The number of rotatable bonds is 2. The highest BCUT2D eigenvalue weighted by molar-refractivity contribution is 6.04. The summed E-state index contributed by atoms with van der Waals surface area (Å²) < 4.78 is 0. The quantitative estimate of drug-likeness (QED) is 0.822. The molecule has 1 aromatic heterocycles. The van der Waals surface area contributed by atoms with Crippen molar-refractivity contribution < 1.29 is 9.90 Å². The molecule has 0 radical (unpaired) electrons. The molecule has 0 spiro atoms. The van der Waals surface area contributed by atoms with Gasteiger partial charge in [0.05, 0.1) is 5.52 Å². The molecule has 1 aliphatic carbocycles. The lowest BCUT2D eigenvalue weighted by molar-refractivity contribution is 0.0353. The summed E-state index contributed by atoms with van der Waals surface area (Å²) in [6.45, 7) is 0. The third-order valence-corrected chi connectivity index (χ3v) is 3.71. The number of aliphatic hydroxyl groups is 1. The van der Waals surface area contributed by atoms with Gasteiger partial charge in [-0.05, 0) is 37.8 Å². The number of hydrogen-bond acceptors (Lipinski definition) is 3. The molecule has 1 N–H and O–H groups in total. The Morgan fingerprint density at radius 2 is 1.94 bits per heavy atom. The largest absolute Gasteiger partial charge is 0.382 e. The summed E-state index contributed by atoms with van der Waals surface area (Å²) >= 11 is 0. The predicted molar refractivity (Wildman–Crippen MR) is 69.5 cm³/mol. The van der Waals surface area contributed by atoms with Crippen LogP contribution in [0.2, 0.25) is 0 Å². The Kier molecular flexibility index (Phi) is 2.63.